The van der Waals surface area contributed by atoms with Crippen molar-refractivity contribution in [3.8, 4) is 0 Å². The molecular weight excluding hydrogens is 484 g/mol. The van der Waals surface area contributed by atoms with Crippen LogP contribution in [0, 0.1) is 27.7 Å². The molecule has 2 aliphatic heterocycles. The first-order chi connectivity index (χ1) is 18.6. The second-order valence-electron chi connectivity index (χ2n) is 10.9. The van der Waals surface area contributed by atoms with E-state index in [4.69, 9.17) is 0 Å². The van der Waals surface area contributed by atoms with Gasteiger partial charge in [-0.15, -0.1) is 0 Å². The smallest absolute Gasteiger partial charge is 0.273 e. The van der Waals surface area contributed by atoms with E-state index in [1.807, 2.05) is 19.9 Å². The minimum Gasteiger partial charge on any atom is -0.355 e. The number of hydrogen-bond acceptors (Lipinski definition) is 2. The summed E-state index contributed by atoms with van der Waals surface area (Å²) in [5.74, 6) is -0.0719. The predicted octanol–water partition coefficient (Wildman–Crippen LogP) is 5.65. The molecule has 39 heavy (non-hydrogen) atoms. The fourth-order valence-corrected chi connectivity index (χ4v) is 5.26. The summed E-state index contributed by atoms with van der Waals surface area (Å²) >= 11 is 0. The Morgan fingerprint density at radius 3 is 1.85 bits per heavy atom. The van der Waals surface area contributed by atoms with Gasteiger partial charge >= 0.3 is 0 Å². The van der Waals surface area contributed by atoms with E-state index in [1.54, 1.807) is 0 Å². The summed E-state index contributed by atoms with van der Waals surface area (Å²) < 4.78 is 0. The fraction of sp³-hybridized carbons (Fsp3) is 0.424. The fourth-order valence-electron chi connectivity index (χ4n) is 5.26. The molecule has 0 radical (unpaired) electrons. The number of hydrogen-bond donors (Lipinski definition) is 3. The van der Waals surface area contributed by atoms with Crippen LogP contribution in [0.25, 0.3) is 18.2 Å². The first kappa shape index (κ1) is 28.3. The first-order valence-electron chi connectivity index (χ1n) is 14.2. The Morgan fingerprint density at radius 1 is 0.667 bits per heavy atom. The van der Waals surface area contributed by atoms with E-state index < -0.39 is 0 Å². The van der Waals surface area contributed by atoms with Crippen LogP contribution in [0.3, 0.4) is 0 Å². The highest BCUT2D eigenvalue weighted by Gasteiger charge is 2.24. The Morgan fingerprint density at radius 2 is 1.23 bits per heavy atom. The van der Waals surface area contributed by atoms with Crippen LogP contribution in [-0.4, -0.2) is 27.5 Å². The lowest BCUT2D eigenvalue weighted by atomic mass is 10.0. The van der Waals surface area contributed by atoms with Crippen molar-refractivity contribution < 1.29 is 9.59 Å². The maximum absolute atomic E-state index is 12.5. The number of aliphatic imine (C=N–C) groups is 1. The third-order valence-corrected chi connectivity index (χ3v) is 8.39. The molecular formula is C33H42N4O2. The zero-order chi connectivity index (χ0) is 28.4. The van der Waals surface area contributed by atoms with Crippen LogP contribution in [0.2, 0.25) is 0 Å². The van der Waals surface area contributed by atoms with Gasteiger partial charge in [-0.3, -0.25) is 9.59 Å². The van der Waals surface area contributed by atoms with Crippen molar-refractivity contribution in [3.05, 3.63) is 72.3 Å². The number of H-pyrrole nitrogens is 2. The van der Waals surface area contributed by atoms with Crippen LogP contribution >= 0.6 is 0 Å². The Labute approximate surface area is 231 Å². The first-order valence-corrected chi connectivity index (χ1v) is 14.2. The van der Waals surface area contributed by atoms with E-state index in [9.17, 15) is 9.59 Å². The zero-order valence-electron chi connectivity index (χ0n) is 24.7. The molecule has 2 aromatic rings. The SMILES string of the molecule is CCCCC1=C(C)C(/C=c2/[nH]/c(=C/c3[nH]c(/C=C4/NC(=O)C(CCCC)=C4C)c(C)c3C)c(C)c2C)=NC1=O. The van der Waals surface area contributed by atoms with E-state index in [0.29, 0.717) is 0 Å². The molecule has 0 fully saturated rings. The zero-order valence-corrected chi connectivity index (χ0v) is 24.7. The van der Waals surface area contributed by atoms with Gasteiger partial charge in [0.25, 0.3) is 11.8 Å². The van der Waals surface area contributed by atoms with E-state index >= 15 is 0 Å². The van der Waals surface area contributed by atoms with Gasteiger partial charge in [-0.1, -0.05) is 26.7 Å². The summed E-state index contributed by atoms with van der Waals surface area (Å²) in [6, 6.07) is 0. The summed E-state index contributed by atoms with van der Waals surface area (Å²) in [4.78, 5) is 36.5. The molecule has 2 aliphatic rings. The molecule has 0 spiro atoms. The molecule has 6 nitrogen and oxygen atoms in total. The van der Waals surface area contributed by atoms with Crippen LogP contribution in [0.5, 0.6) is 0 Å². The lowest BCUT2D eigenvalue weighted by molar-refractivity contribution is -0.116. The number of aromatic amines is 2. The van der Waals surface area contributed by atoms with Gasteiger partial charge in [0.05, 0.1) is 5.71 Å². The third kappa shape index (κ3) is 5.56. The molecule has 2 amide bonds. The van der Waals surface area contributed by atoms with E-state index in [-0.39, 0.29) is 11.8 Å². The predicted molar refractivity (Wildman–Crippen MR) is 161 cm³/mol. The van der Waals surface area contributed by atoms with Crippen LogP contribution in [-0.2, 0) is 9.59 Å². The summed E-state index contributed by atoms with van der Waals surface area (Å²) in [5.41, 5.74) is 12.0. The number of nitrogens with one attached hydrogen (secondary N) is 3. The number of carbonyl (C=O) groups is 2. The quantitative estimate of drug-likeness (QED) is 0.394. The summed E-state index contributed by atoms with van der Waals surface area (Å²) in [6.45, 7) is 16.7. The van der Waals surface area contributed by atoms with Gasteiger partial charge in [0, 0.05) is 38.9 Å². The molecule has 0 unspecified atom stereocenters. The van der Waals surface area contributed by atoms with Crippen LogP contribution in [0.15, 0.2) is 33.0 Å². The van der Waals surface area contributed by atoms with Gasteiger partial charge in [-0.2, -0.15) is 0 Å². The Kier molecular flexibility index (Phi) is 8.43. The molecule has 4 rings (SSSR count). The molecule has 0 saturated carbocycles. The number of amides is 2. The average Bonchev–Trinajstić information content (AvgIpc) is 3.52. The average molecular weight is 527 g/mol. The van der Waals surface area contributed by atoms with Gasteiger partial charge in [0.15, 0.2) is 0 Å². The number of rotatable bonds is 9. The van der Waals surface area contributed by atoms with E-state index in [0.717, 1.165) is 111 Å². The van der Waals surface area contributed by atoms with Crippen molar-refractivity contribution in [2.24, 2.45) is 4.99 Å². The lowest BCUT2D eigenvalue weighted by Gasteiger charge is -2.01. The molecule has 6 heteroatoms. The van der Waals surface area contributed by atoms with Gasteiger partial charge in [0.2, 0.25) is 0 Å². The number of nitrogens with zero attached hydrogens (tertiary/aromatic N) is 1. The minimum absolute atomic E-state index is 0.0253. The highest BCUT2D eigenvalue weighted by Crippen LogP contribution is 2.28. The number of carbonyl (C=O) groups excluding carboxylic acids is 2. The van der Waals surface area contributed by atoms with Crippen molar-refractivity contribution in [2.75, 3.05) is 0 Å². The van der Waals surface area contributed by atoms with Crippen LogP contribution < -0.4 is 16.0 Å². The maximum atomic E-state index is 12.5. The number of unbranched alkanes of at least 4 members (excludes halogenated alkanes) is 2. The van der Waals surface area contributed by atoms with Crippen molar-refractivity contribution in [2.45, 2.75) is 93.9 Å². The molecule has 3 N–H and O–H groups in total. The van der Waals surface area contributed by atoms with E-state index in [2.05, 4.69) is 74.0 Å². The summed E-state index contributed by atoms with van der Waals surface area (Å²) in [6.07, 6.45) is 11.9. The van der Waals surface area contributed by atoms with Crippen LogP contribution in [0.4, 0.5) is 0 Å². The monoisotopic (exact) mass is 526 g/mol. The van der Waals surface area contributed by atoms with Gasteiger partial charge in [-0.25, -0.2) is 4.99 Å². The third-order valence-electron chi connectivity index (χ3n) is 8.39. The minimum atomic E-state index is -0.0972. The Balaban J connectivity index is 1.70. The second-order valence-corrected chi connectivity index (χ2v) is 10.9. The maximum Gasteiger partial charge on any atom is 0.273 e. The molecule has 0 saturated heterocycles. The number of allylic oxidation sites excluding steroid dienone is 2. The Bertz CT molecular complexity index is 1580. The van der Waals surface area contributed by atoms with Crippen molar-refractivity contribution in [3.63, 3.8) is 0 Å². The van der Waals surface area contributed by atoms with Crippen molar-refractivity contribution in [1.82, 2.24) is 15.3 Å². The Hall–Kier alpha value is -3.67. The lowest BCUT2D eigenvalue weighted by Crippen LogP contribution is -2.16. The van der Waals surface area contributed by atoms with Crippen LogP contribution in [0.1, 0.15) is 99.9 Å². The molecule has 0 bridgehead atoms. The number of aromatic nitrogens is 2. The molecule has 0 aromatic carbocycles. The normalized spacial score (nSPS) is 17.9. The summed E-state index contributed by atoms with van der Waals surface area (Å²) in [7, 11) is 0. The van der Waals surface area contributed by atoms with Crippen molar-refractivity contribution >= 4 is 35.8 Å². The van der Waals surface area contributed by atoms with Gasteiger partial charge < -0.3 is 15.3 Å². The second kappa shape index (κ2) is 11.6. The largest absolute Gasteiger partial charge is 0.355 e. The highest BCUT2D eigenvalue weighted by molar-refractivity contribution is 6.30. The molecule has 2 aromatic heterocycles. The molecule has 0 atom stereocenters. The topological polar surface area (TPSA) is 90.1 Å². The standard InChI is InChI=1S/C33H42N4O2/c1-9-11-13-24-22(7)30(36-32(24)38)16-28-20(5)18(3)26(34-28)15-27-19(4)21(6)29(35-27)17-31-23(8)25(14-12-10-2)33(39)37-31/h15-17,34-35H,9-14H2,1-8H3,(H,36,38)/b27-15+,29-17+,30-16+. The summed E-state index contributed by atoms with van der Waals surface area (Å²) in [5, 5.41) is 5.05. The molecule has 0 aliphatic carbocycles. The van der Waals surface area contributed by atoms with E-state index in [1.165, 1.54) is 5.56 Å². The van der Waals surface area contributed by atoms with Gasteiger partial charge in [0.1, 0.15) is 0 Å². The highest BCUT2D eigenvalue weighted by atomic mass is 16.2. The molecule has 4 heterocycles. The molecule has 206 valence electrons. The van der Waals surface area contributed by atoms with Gasteiger partial charge in [-0.05, 0) is 119 Å². The van der Waals surface area contributed by atoms with Crippen molar-refractivity contribution in [1.29, 1.82) is 0 Å².